The molecule has 3 aromatic rings. The van der Waals surface area contributed by atoms with Crippen LogP contribution in [0.2, 0.25) is 0 Å². The van der Waals surface area contributed by atoms with Crippen LogP contribution in [0.25, 0.3) is 0 Å². The molecule has 4 rings (SSSR count). The van der Waals surface area contributed by atoms with E-state index in [0.717, 1.165) is 28.2 Å². The molecule has 3 aromatic carbocycles. The minimum absolute atomic E-state index is 0.151. The summed E-state index contributed by atoms with van der Waals surface area (Å²) in [6, 6.07) is 19.5. The predicted molar refractivity (Wildman–Crippen MR) is 130 cm³/mol. The number of rotatable bonds is 7. The van der Waals surface area contributed by atoms with Gasteiger partial charge >= 0.3 is 0 Å². The van der Waals surface area contributed by atoms with Crippen molar-refractivity contribution in [2.75, 3.05) is 20.8 Å². The third-order valence-electron chi connectivity index (χ3n) is 5.86. The quantitative estimate of drug-likeness (QED) is 0.513. The number of phenolic OH excluding ortho intramolecular Hbond substituents is 1. The summed E-state index contributed by atoms with van der Waals surface area (Å²) in [6.45, 7) is 4.45. The molecule has 1 heterocycles. The van der Waals surface area contributed by atoms with Gasteiger partial charge in [-0.2, -0.15) is 0 Å². The van der Waals surface area contributed by atoms with E-state index in [1.165, 1.54) is 5.56 Å². The molecule has 1 aliphatic rings. The maximum Gasteiger partial charge on any atom is 0.162 e. The van der Waals surface area contributed by atoms with Crippen LogP contribution in [-0.4, -0.2) is 31.6 Å². The van der Waals surface area contributed by atoms with Crippen molar-refractivity contribution in [1.82, 2.24) is 5.32 Å². The minimum atomic E-state index is -0.389. The van der Waals surface area contributed by atoms with Gasteiger partial charge in [0, 0.05) is 29.3 Å². The second-order valence-electron chi connectivity index (χ2n) is 8.00. The van der Waals surface area contributed by atoms with E-state index in [-0.39, 0.29) is 18.0 Å². The largest absolute Gasteiger partial charge is 0.504 e. The van der Waals surface area contributed by atoms with E-state index in [9.17, 15) is 5.11 Å². The standard InChI is InChI=1S/C27H30N2O4/c1-5-33-25-8-6-7-20(26(25)30)23-16-22(18-11-9-17(2)10-12-18)28-27(29-23)21-15-19(31-3)13-14-24(21)32-4/h6-15,23,27,29-30H,5,16H2,1-4H3/t23-,27-/m1/s1. The molecule has 2 atom stereocenters. The Morgan fingerprint density at radius 2 is 1.76 bits per heavy atom. The van der Waals surface area contributed by atoms with Gasteiger partial charge in [0.2, 0.25) is 0 Å². The highest BCUT2D eigenvalue weighted by molar-refractivity contribution is 6.01. The summed E-state index contributed by atoms with van der Waals surface area (Å²) in [5.74, 6) is 2.07. The summed E-state index contributed by atoms with van der Waals surface area (Å²) in [7, 11) is 3.29. The van der Waals surface area contributed by atoms with Gasteiger partial charge in [0.25, 0.3) is 0 Å². The zero-order chi connectivity index (χ0) is 23.4. The fourth-order valence-electron chi connectivity index (χ4n) is 4.13. The van der Waals surface area contributed by atoms with E-state index in [0.29, 0.717) is 24.5 Å². The van der Waals surface area contributed by atoms with Gasteiger partial charge in [0.15, 0.2) is 11.5 Å². The molecule has 0 unspecified atom stereocenters. The van der Waals surface area contributed by atoms with E-state index >= 15 is 0 Å². The lowest BCUT2D eigenvalue weighted by atomic mass is 9.93. The van der Waals surface area contributed by atoms with Crippen LogP contribution in [0.4, 0.5) is 0 Å². The molecule has 172 valence electrons. The number of para-hydroxylation sites is 1. The van der Waals surface area contributed by atoms with Crippen LogP contribution >= 0.6 is 0 Å². The number of nitrogens with one attached hydrogen (secondary N) is 1. The lowest BCUT2D eigenvalue weighted by Gasteiger charge is -2.32. The second kappa shape index (κ2) is 9.96. The zero-order valence-corrected chi connectivity index (χ0v) is 19.5. The van der Waals surface area contributed by atoms with Gasteiger partial charge in [0.1, 0.15) is 17.7 Å². The van der Waals surface area contributed by atoms with E-state index in [2.05, 4.69) is 36.5 Å². The van der Waals surface area contributed by atoms with E-state index in [1.807, 2.05) is 37.3 Å². The summed E-state index contributed by atoms with van der Waals surface area (Å²) in [6.07, 6.45) is 0.231. The lowest BCUT2D eigenvalue weighted by Crippen LogP contribution is -2.33. The third kappa shape index (κ3) is 4.81. The normalized spacial score (nSPS) is 17.9. The first-order valence-electron chi connectivity index (χ1n) is 11.1. The zero-order valence-electron chi connectivity index (χ0n) is 19.5. The van der Waals surface area contributed by atoms with Crippen LogP contribution < -0.4 is 19.5 Å². The molecule has 33 heavy (non-hydrogen) atoms. The average molecular weight is 447 g/mol. The molecular formula is C27H30N2O4. The second-order valence-corrected chi connectivity index (χ2v) is 8.00. The summed E-state index contributed by atoms with van der Waals surface area (Å²) >= 11 is 0. The molecule has 1 aliphatic heterocycles. The Kier molecular flexibility index (Phi) is 6.84. The number of benzene rings is 3. The molecule has 0 radical (unpaired) electrons. The van der Waals surface area contributed by atoms with Crippen LogP contribution in [-0.2, 0) is 0 Å². The molecular weight excluding hydrogens is 416 g/mol. The fraction of sp³-hybridized carbons (Fsp3) is 0.296. The highest BCUT2D eigenvalue weighted by Crippen LogP contribution is 2.40. The van der Waals surface area contributed by atoms with Crippen molar-refractivity contribution in [1.29, 1.82) is 0 Å². The maximum absolute atomic E-state index is 11.0. The highest BCUT2D eigenvalue weighted by atomic mass is 16.5. The van der Waals surface area contributed by atoms with Crippen molar-refractivity contribution in [3.05, 3.63) is 82.9 Å². The average Bonchev–Trinajstić information content (AvgIpc) is 2.85. The Morgan fingerprint density at radius 3 is 2.45 bits per heavy atom. The number of methoxy groups -OCH3 is 2. The summed E-state index contributed by atoms with van der Waals surface area (Å²) in [5, 5.41) is 14.6. The molecule has 0 bridgehead atoms. The third-order valence-corrected chi connectivity index (χ3v) is 5.86. The highest BCUT2D eigenvalue weighted by Gasteiger charge is 2.30. The summed E-state index contributed by atoms with van der Waals surface area (Å²) < 4.78 is 16.7. The molecule has 0 spiro atoms. The molecule has 0 amide bonds. The molecule has 0 saturated carbocycles. The smallest absolute Gasteiger partial charge is 0.162 e. The van der Waals surface area contributed by atoms with Gasteiger partial charge in [-0.05, 0) is 43.7 Å². The molecule has 0 saturated heterocycles. The Morgan fingerprint density at radius 1 is 0.970 bits per heavy atom. The summed E-state index contributed by atoms with van der Waals surface area (Å²) in [4.78, 5) is 5.06. The first kappa shape index (κ1) is 22.7. The van der Waals surface area contributed by atoms with Crippen molar-refractivity contribution >= 4 is 5.71 Å². The topological polar surface area (TPSA) is 72.3 Å². The van der Waals surface area contributed by atoms with Gasteiger partial charge in [-0.3, -0.25) is 10.3 Å². The van der Waals surface area contributed by atoms with E-state index in [4.69, 9.17) is 19.2 Å². The van der Waals surface area contributed by atoms with Crippen molar-refractivity contribution in [2.24, 2.45) is 4.99 Å². The first-order chi connectivity index (χ1) is 16.0. The Balaban J connectivity index is 1.80. The molecule has 0 fully saturated rings. The number of phenols is 1. The van der Waals surface area contributed by atoms with Crippen molar-refractivity contribution in [3.63, 3.8) is 0 Å². The van der Waals surface area contributed by atoms with Crippen molar-refractivity contribution < 1.29 is 19.3 Å². The molecule has 2 N–H and O–H groups in total. The van der Waals surface area contributed by atoms with Gasteiger partial charge in [-0.1, -0.05) is 42.0 Å². The molecule has 6 heteroatoms. The lowest BCUT2D eigenvalue weighted by molar-refractivity contribution is 0.313. The summed E-state index contributed by atoms with van der Waals surface area (Å²) in [5.41, 5.74) is 4.84. The molecule has 0 aromatic heterocycles. The maximum atomic E-state index is 11.0. The number of hydrogen-bond donors (Lipinski definition) is 2. The van der Waals surface area contributed by atoms with Gasteiger partial charge in [-0.15, -0.1) is 0 Å². The van der Waals surface area contributed by atoms with Gasteiger partial charge in [-0.25, -0.2) is 0 Å². The SMILES string of the molecule is CCOc1cccc([C@H]2CC(c3ccc(C)cc3)=N[C@@H](c3cc(OC)ccc3OC)N2)c1O. The van der Waals surface area contributed by atoms with Crippen molar-refractivity contribution in [3.8, 4) is 23.0 Å². The number of aliphatic imine (C=N–C) groups is 1. The fourth-order valence-corrected chi connectivity index (χ4v) is 4.13. The number of aryl methyl sites for hydroxylation is 1. The first-order valence-corrected chi connectivity index (χ1v) is 11.1. The van der Waals surface area contributed by atoms with E-state index < -0.39 is 0 Å². The number of nitrogens with zero attached hydrogens (tertiary/aromatic N) is 1. The van der Waals surface area contributed by atoms with E-state index in [1.54, 1.807) is 20.3 Å². The van der Waals surface area contributed by atoms with Gasteiger partial charge < -0.3 is 19.3 Å². The van der Waals surface area contributed by atoms with Crippen LogP contribution in [0.1, 0.15) is 47.8 Å². The Hall–Kier alpha value is -3.51. The van der Waals surface area contributed by atoms with Crippen LogP contribution in [0.15, 0.2) is 65.7 Å². The van der Waals surface area contributed by atoms with Crippen LogP contribution in [0, 0.1) is 6.92 Å². The number of ether oxygens (including phenoxy) is 3. The molecule has 6 nitrogen and oxygen atoms in total. The Bertz CT molecular complexity index is 1140. The number of aromatic hydroxyl groups is 1. The van der Waals surface area contributed by atoms with Gasteiger partial charge in [0.05, 0.1) is 20.8 Å². The van der Waals surface area contributed by atoms with Crippen LogP contribution in [0.5, 0.6) is 23.0 Å². The van der Waals surface area contributed by atoms with Crippen molar-refractivity contribution in [2.45, 2.75) is 32.5 Å². The minimum Gasteiger partial charge on any atom is -0.504 e. The monoisotopic (exact) mass is 446 g/mol. The Labute approximate surface area is 194 Å². The van der Waals surface area contributed by atoms with Crippen LogP contribution in [0.3, 0.4) is 0 Å². The number of hydrogen-bond acceptors (Lipinski definition) is 6. The predicted octanol–water partition coefficient (Wildman–Crippen LogP) is 5.34. The molecule has 0 aliphatic carbocycles.